The van der Waals surface area contributed by atoms with Crippen LogP contribution in [0.25, 0.3) is 4.85 Å². The molecule has 3 atom stereocenters. The predicted octanol–water partition coefficient (Wildman–Crippen LogP) is 4.25. The van der Waals surface area contributed by atoms with Crippen LogP contribution in [0.1, 0.15) is 47.0 Å². The molecule has 0 amide bonds. The maximum Gasteiger partial charge on any atom is 0.217 e. The van der Waals surface area contributed by atoms with Gasteiger partial charge in [-0.3, -0.25) is 0 Å². The molecule has 0 N–H and O–H groups in total. The van der Waals surface area contributed by atoms with Gasteiger partial charge in [0.25, 0.3) is 0 Å². The monoisotopic (exact) mass is 207 g/mol. The van der Waals surface area contributed by atoms with E-state index in [1.165, 1.54) is 19.3 Å². The molecule has 0 aromatic carbocycles. The second-order valence-electron chi connectivity index (χ2n) is 5.84. The molecule has 0 aromatic heterocycles. The lowest BCUT2D eigenvalue weighted by Crippen LogP contribution is -2.32. The van der Waals surface area contributed by atoms with Crippen molar-refractivity contribution in [1.82, 2.24) is 0 Å². The van der Waals surface area contributed by atoms with Crippen LogP contribution in [0.3, 0.4) is 0 Å². The first kappa shape index (κ1) is 12.6. The maximum absolute atomic E-state index is 6.97. The Morgan fingerprint density at radius 1 is 1.07 bits per heavy atom. The number of hydrogen-bond donors (Lipinski definition) is 0. The molecular weight excluding hydrogens is 182 g/mol. The lowest BCUT2D eigenvalue weighted by Gasteiger charge is -2.39. The molecule has 0 heterocycles. The van der Waals surface area contributed by atoms with E-state index in [0.717, 1.165) is 30.2 Å². The van der Waals surface area contributed by atoms with Gasteiger partial charge in [-0.1, -0.05) is 27.7 Å². The zero-order valence-electron chi connectivity index (χ0n) is 10.7. The van der Waals surface area contributed by atoms with Crippen molar-refractivity contribution in [3.8, 4) is 0 Å². The number of nitrogens with zero attached hydrogens (tertiary/aromatic N) is 1. The summed E-state index contributed by atoms with van der Waals surface area (Å²) in [6.45, 7) is 17.1. The van der Waals surface area contributed by atoms with Gasteiger partial charge in [-0.2, -0.15) is 0 Å². The summed E-state index contributed by atoms with van der Waals surface area (Å²) in [6.07, 6.45) is 3.93. The Hall–Kier alpha value is -0.510. The Labute approximate surface area is 95.1 Å². The molecule has 0 aromatic rings. The Morgan fingerprint density at radius 2 is 1.67 bits per heavy atom. The minimum absolute atomic E-state index is 0.685. The van der Waals surface area contributed by atoms with Crippen molar-refractivity contribution in [2.45, 2.75) is 47.0 Å². The highest BCUT2D eigenvalue weighted by Crippen LogP contribution is 2.41. The second-order valence-corrected chi connectivity index (χ2v) is 5.84. The van der Waals surface area contributed by atoms with Crippen LogP contribution in [0.15, 0.2) is 0 Å². The first-order valence-electron chi connectivity index (χ1n) is 6.39. The smallest absolute Gasteiger partial charge is 0.217 e. The van der Waals surface area contributed by atoms with E-state index in [-0.39, 0.29) is 0 Å². The summed E-state index contributed by atoms with van der Waals surface area (Å²) in [5.41, 5.74) is 0. The third kappa shape index (κ3) is 3.23. The van der Waals surface area contributed by atoms with E-state index in [4.69, 9.17) is 6.57 Å². The van der Waals surface area contributed by atoms with Crippen LogP contribution < -0.4 is 0 Å². The molecule has 0 bridgehead atoms. The average Bonchev–Trinajstić information content (AvgIpc) is 2.17. The van der Waals surface area contributed by atoms with Crippen LogP contribution in [0, 0.1) is 36.2 Å². The fourth-order valence-electron chi connectivity index (χ4n) is 3.21. The van der Waals surface area contributed by atoms with Gasteiger partial charge < -0.3 is 4.85 Å². The standard InChI is InChI=1S/C14H25N/c1-10(2)13-7-6-12(9-15-5)8-14(13)11(3)4/h10-14H,6-9H2,1-4H3. The predicted molar refractivity (Wildman–Crippen MR) is 65.5 cm³/mol. The highest BCUT2D eigenvalue weighted by atomic mass is 14.6. The lowest BCUT2D eigenvalue weighted by atomic mass is 9.66. The molecule has 1 rings (SSSR count). The van der Waals surface area contributed by atoms with Crippen LogP contribution in [0.2, 0.25) is 0 Å². The van der Waals surface area contributed by atoms with Crippen LogP contribution in [-0.4, -0.2) is 6.54 Å². The summed E-state index contributed by atoms with van der Waals surface area (Å²) < 4.78 is 0. The van der Waals surface area contributed by atoms with Crippen LogP contribution in [0.4, 0.5) is 0 Å². The summed E-state index contributed by atoms with van der Waals surface area (Å²) in [5, 5.41) is 0. The van der Waals surface area contributed by atoms with Crippen molar-refractivity contribution in [1.29, 1.82) is 0 Å². The van der Waals surface area contributed by atoms with E-state index in [9.17, 15) is 0 Å². The normalized spacial score (nSPS) is 31.9. The molecule has 1 saturated carbocycles. The SMILES string of the molecule is [C-]#[N+]CC1CCC(C(C)C)C(C(C)C)C1. The van der Waals surface area contributed by atoms with E-state index in [1.54, 1.807) is 0 Å². The van der Waals surface area contributed by atoms with Crippen molar-refractivity contribution in [2.75, 3.05) is 6.54 Å². The minimum atomic E-state index is 0.685. The third-order valence-corrected chi connectivity index (χ3v) is 4.13. The summed E-state index contributed by atoms with van der Waals surface area (Å²) >= 11 is 0. The molecular formula is C14H25N. The van der Waals surface area contributed by atoms with E-state index < -0.39 is 0 Å². The van der Waals surface area contributed by atoms with Gasteiger partial charge in [0.05, 0.1) is 0 Å². The van der Waals surface area contributed by atoms with Crippen LogP contribution >= 0.6 is 0 Å². The lowest BCUT2D eigenvalue weighted by molar-refractivity contribution is 0.105. The van der Waals surface area contributed by atoms with Gasteiger partial charge in [-0.05, 0) is 42.9 Å². The summed E-state index contributed by atoms with van der Waals surface area (Å²) in [5.74, 6) is 4.03. The number of rotatable bonds is 3. The molecule has 1 nitrogen and oxygen atoms in total. The summed E-state index contributed by atoms with van der Waals surface area (Å²) in [7, 11) is 0. The Morgan fingerprint density at radius 3 is 2.13 bits per heavy atom. The molecule has 0 saturated heterocycles. The molecule has 15 heavy (non-hydrogen) atoms. The van der Waals surface area contributed by atoms with Crippen LogP contribution in [0.5, 0.6) is 0 Å². The quantitative estimate of drug-likeness (QED) is 0.609. The molecule has 0 aliphatic heterocycles. The summed E-state index contributed by atoms with van der Waals surface area (Å²) in [4.78, 5) is 3.57. The fourth-order valence-corrected chi connectivity index (χ4v) is 3.21. The van der Waals surface area contributed by atoms with Crippen molar-refractivity contribution in [3.05, 3.63) is 11.4 Å². The third-order valence-electron chi connectivity index (χ3n) is 4.13. The highest BCUT2D eigenvalue weighted by molar-refractivity contribution is 4.86. The molecule has 3 unspecified atom stereocenters. The van der Waals surface area contributed by atoms with Crippen molar-refractivity contribution in [3.63, 3.8) is 0 Å². The first-order chi connectivity index (χ1) is 7.06. The van der Waals surface area contributed by atoms with Gasteiger partial charge in [0.15, 0.2) is 0 Å². The first-order valence-corrected chi connectivity index (χ1v) is 6.39. The molecule has 0 radical (unpaired) electrons. The van der Waals surface area contributed by atoms with E-state index in [2.05, 4.69) is 32.5 Å². The molecule has 0 spiro atoms. The van der Waals surface area contributed by atoms with Crippen molar-refractivity contribution in [2.24, 2.45) is 29.6 Å². The van der Waals surface area contributed by atoms with Gasteiger partial charge in [0.1, 0.15) is 0 Å². The fraction of sp³-hybridized carbons (Fsp3) is 0.929. The molecule has 86 valence electrons. The molecule has 1 aliphatic rings. The van der Waals surface area contributed by atoms with Gasteiger partial charge in [-0.15, -0.1) is 0 Å². The zero-order chi connectivity index (χ0) is 11.4. The van der Waals surface area contributed by atoms with Gasteiger partial charge in [0, 0.05) is 5.92 Å². The topological polar surface area (TPSA) is 4.36 Å². The van der Waals surface area contributed by atoms with Gasteiger partial charge in [0.2, 0.25) is 6.54 Å². The van der Waals surface area contributed by atoms with Crippen molar-refractivity contribution >= 4 is 0 Å². The van der Waals surface area contributed by atoms with Gasteiger partial charge in [-0.25, -0.2) is 6.57 Å². The van der Waals surface area contributed by atoms with Crippen molar-refractivity contribution < 1.29 is 0 Å². The largest absolute Gasteiger partial charge is 0.317 e. The number of hydrogen-bond acceptors (Lipinski definition) is 0. The average molecular weight is 207 g/mol. The van der Waals surface area contributed by atoms with Gasteiger partial charge >= 0.3 is 0 Å². The zero-order valence-corrected chi connectivity index (χ0v) is 10.7. The second kappa shape index (κ2) is 5.54. The molecule has 1 heteroatoms. The highest BCUT2D eigenvalue weighted by Gasteiger charge is 2.34. The minimum Gasteiger partial charge on any atom is -0.317 e. The summed E-state index contributed by atoms with van der Waals surface area (Å²) in [6, 6.07) is 0. The Bertz CT molecular complexity index is 224. The van der Waals surface area contributed by atoms with E-state index >= 15 is 0 Å². The Balaban J connectivity index is 2.62. The maximum atomic E-state index is 6.97. The molecule has 1 fully saturated rings. The van der Waals surface area contributed by atoms with E-state index in [0.29, 0.717) is 5.92 Å². The molecule has 1 aliphatic carbocycles. The van der Waals surface area contributed by atoms with Crippen LogP contribution in [-0.2, 0) is 0 Å². The van der Waals surface area contributed by atoms with E-state index in [1.807, 2.05) is 0 Å². The Kier molecular flexibility index (Phi) is 4.64.